The molecule has 1 aliphatic heterocycles. The van der Waals surface area contributed by atoms with Crippen molar-refractivity contribution in [1.82, 2.24) is 0 Å². The summed E-state index contributed by atoms with van der Waals surface area (Å²) in [5.74, 6) is -0.167. The third-order valence-corrected chi connectivity index (χ3v) is 4.72. The van der Waals surface area contributed by atoms with Crippen molar-refractivity contribution in [3.63, 3.8) is 0 Å². The van der Waals surface area contributed by atoms with E-state index < -0.39 is 5.79 Å². The van der Waals surface area contributed by atoms with Gasteiger partial charge in [0.1, 0.15) is 0 Å². The number of hydrogen-bond acceptors (Lipinski definition) is 5. The minimum Gasteiger partial charge on any atom is -0.493 e. The van der Waals surface area contributed by atoms with E-state index in [1.54, 1.807) is 30.3 Å². The van der Waals surface area contributed by atoms with Gasteiger partial charge >= 0.3 is 0 Å². The molecule has 26 heavy (non-hydrogen) atoms. The van der Waals surface area contributed by atoms with Crippen molar-refractivity contribution in [3.05, 3.63) is 58.1 Å². The molecule has 0 bridgehead atoms. The van der Waals surface area contributed by atoms with Gasteiger partial charge < -0.3 is 18.9 Å². The van der Waals surface area contributed by atoms with Gasteiger partial charge in [0.15, 0.2) is 23.1 Å². The Hall–Kier alpha value is -2.08. The highest BCUT2D eigenvalue weighted by molar-refractivity contribution is 6.35. The maximum atomic E-state index is 13.3. The van der Waals surface area contributed by atoms with Crippen molar-refractivity contribution >= 4 is 17.4 Å². The van der Waals surface area contributed by atoms with Crippen molar-refractivity contribution in [2.24, 2.45) is 0 Å². The lowest BCUT2D eigenvalue weighted by molar-refractivity contribution is -0.140. The van der Waals surface area contributed by atoms with Crippen LogP contribution in [0.5, 0.6) is 11.5 Å². The zero-order valence-corrected chi connectivity index (χ0v) is 15.8. The topological polar surface area (TPSA) is 54.0 Å². The molecule has 6 heteroatoms. The van der Waals surface area contributed by atoms with Gasteiger partial charge in [0.05, 0.1) is 38.0 Å². The van der Waals surface area contributed by atoms with Crippen LogP contribution in [0.1, 0.15) is 28.4 Å². The van der Waals surface area contributed by atoms with Crippen LogP contribution in [-0.2, 0) is 15.9 Å². The second kappa shape index (κ2) is 7.66. The number of hydrogen-bond donors (Lipinski definition) is 0. The smallest absolute Gasteiger partial charge is 0.198 e. The van der Waals surface area contributed by atoms with E-state index in [4.69, 9.17) is 30.5 Å². The van der Waals surface area contributed by atoms with Crippen LogP contribution in [0.15, 0.2) is 36.4 Å². The predicted molar refractivity (Wildman–Crippen MR) is 98.4 cm³/mol. The van der Waals surface area contributed by atoms with Crippen LogP contribution in [0.4, 0.5) is 0 Å². The average molecular weight is 377 g/mol. The molecule has 0 atom stereocenters. The summed E-state index contributed by atoms with van der Waals surface area (Å²) >= 11 is 6.25. The molecule has 3 rings (SSSR count). The van der Waals surface area contributed by atoms with Gasteiger partial charge in [-0.15, -0.1) is 0 Å². The summed E-state index contributed by atoms with van der Waals surface area (Å²) in [6, 6.07) is 10.5. The number of carbonyl (C=O) groups excluding carboxylic acids is 1. The minimum atomic E-state index is -0.783. The molecule has 0 unspecified atom stereocenters. The number of ketones is 1. The van der Waals surface area contributed by atoms with Gasteiger partial charge in [0, 0.05) is 12.0 Å². The standard InChI is InChI=1S/C20H21ClO5/c1-20(25-10-11-26-20)12-13-8-9-16(23-2)19(24-3)17(13)18(22)14-6-4-5-7-15(14)21/h4-9H,10-12H2,1-3H3. The molecule has 1 fully saturated rings. The highest BCUT2D eigenvalue weighted by Crippen LogP contribution is 2.38. The summed E-state index contributed by atoms with van der Waals surface area (Å²) in [5, 5.41) is 0.382. The van der Waals surface area contributed by atoms with E-state index >= 15 is 0 Å². The second-order valence-electron chi connectivity index (χ2n) is 6.15. The van der Waals surface area contributed by atoms with Crippen LogP contribution in [0.25, 0.3) is 0 Å². The third kappa shape index (κ3) is 3.56. The first kappa shape index (κ1) is 18.7. The van der Waals surface area contributed by atoms with Gasteiger partial charge in [0.2, 0.25) is 0 Å². The largest absolute Gasteiger partial charge is 0.493 e. The van der Waals surface area contributed by atoms with Crippen LogP contribution in [0.2, 0.25) is 5.02 Å². The molecule has 0 N–H and O–H groups in total. The molecule has 2 aromatic carbocycles. The number of ether oxygens (including phenoxy) is 4. The summed E-state index contributed by atoms with van der Waals surface area (Å²) in [5.41, 5.74) is 1.55. The van der Waals surface area contributed by atoms with Crippen molar-refractivity contribution < 1.29 is 23.7 Å². The second-order valence-corrected chi connectivity index (χ2v) is 6.56. The number of methoxy groups -OCH3 is 2. The Morgan fingerprint density at radius 3 is 2.42 bits per heavy atom. The predicted octanol–water partition coefficient (Wildman–Crippen LogP) is 3.89. The summed E-state index contributed by atoms with van der Waals surface area (Å²) in [6.07, 6.45) is 0.402. The average Bonchev–Trinajstić information content (AvgIpc) is 3.07. The SMILES string of the molecule is COc1ccc(CC2(C)OCCO2)c(C(=O)c2ccccc2Cl)c1OC. The monoisotopic (exact) mass is 376 g/mol. The van der Waals surface area contributed by atoms with Crippen molar-refractivity contribution in [1.29, 1.82) is 0 Å². The summed E-state index contributed by atoms with van der Waals surface area (Å²) in [7, 11) is 3.04. The molecule has 1 saturated heterocycles. The van der Waals surface area contributed by atoms with Crippen molar-refractivity contribution in [2.75, 3.05) is 27.4 Å². The van der Waals surface area contributed by atoms with Gasteiger partial charge in [-0.05, 0) is 30.7 Å². The fourth-order valence-corrected chi connectivity index (χ4v) is 3.37. The quantitative estimate of drug-likeness (QED) is 0.716. The summed E-state index contributed by atoms with van der Waals surface area (Å²) < 4.78 is 22.3. The molecule has 0 amide bonds. The summed E-state index contributed by atoms with van der Waals surface area (Å²) in [6.45, 7) is 2.91. The van der Waals surface area contributed by atoms with Gasteiger partial charge in [0.25, 0.3) is 0 Å². The molecule has 0 spiro atoms. The molecule has 138 valence electrons. The third-order valence-electron chi connectivity index (χ3n) is 4.39. The number of carbonyl (C=O) groups is 1. The Labute approximate surface area is 157 Å². The maximum Gasteiger partial charge on any atom is 0.198 e. The van der Waals surface area contributed by atoms with Crippen LogP contribution in [0, 0.1) is 0 Å². The zero-order chi connectivity index (χ0) is 18.7. The molecular weight excluding hydrogens is 356 g/mol. The van der Waals surface area contributed by atoms with Crippen LogP contribution >= 0.6 is 11.6 Å². The first-order chi connectivity index (χ1) is 12.5. The molecule has 1 aliphatic rings. The number of halogens is 1. The lowest BCUT2D eigenvalue weighted by Crippen LogP contribution is -2.29. The maximum absolute atomic E-state index is 13.3. The Kier molecular flexibility index (Phi) is 5.51. The fraction of sp³-hybridized carbons (Fsp3) is 0.350. The van der Waals surface area contributed by atoms with Gasteiger partial charge in [-0.2, -0.15) is 0 Å². The number of rotatable bonds is 6. The van der Waals surface area contributed by atoms with E-state index in [1.165, 1.54) is 14.2 Å². The number of benzene rings is 2. The first-order valence-electron chi connectivity index (χ1n) is 8.30. The zero-order valence-electron chi connectivity index (χ0n) is 15.0. The van der Waals surface area contributed by atoms with Gasteiger partial charge in [-0.3, -0.25) is 4.79 Å². The molecular formula is C20H21ClO5. The normalized spacial score (nSPS) is 15.7. The van der Waals surface area contributed by atoms with E-state index in [9.17, 15) is 4.79 Å². The van der Waals surface area contributed by atoms with Crippen molar-refractivity contribution in [3.8, 4) is 11.5 Å². The molecule has 0 saturated carbocycles. The van der Waals surface area contributed by atoms with E-state index in [-0.39, 0.29) is 5.78 Å². The van der Waals surface area contributed by atoms with Crippen LogP contribution < -0.4 is 9.47 Å². The van der Waals surface area contributed by atoms with Crippen molar-refractivity contribution in [2.45, 2.75) is 19.1 Å². The van der Waals surface area contributed by atoms with Gasteiger partial charge in [-0.1, -0.05) is 29.8 Å². The molecule has 1 heterocycles. The van der Waals surface area contributed by atoms with E-state index in [0.29, 0.717) is 47.3 Å². The Balaban J connectivity index is 2.13. The highest BCUT2D eigenvalue weighted by atomic mass is 35.5. The Morgan fingerprint density at radius 1 is 1.12 bits per heavy atom. The Morgan fingerprint density at radius 2 is 1.81 bits per heavy atom. The van der Waals surface area contributed by atoms with E-state index in [1.807, 2.05) is 13.0 Å². The summed E-state index contributed by atoms with van der Waals surface area (Å²) in [4.78, 5) is 13.3. The molecule has 2 aromatic rings. The first-order valence-corrected chi connectivity index (χ1v) is 8.68. The lowest BCUT2D eigenvalue weighted by atomic mass is 9.93. The molecule has 0 radical (unpaired) electrons. The van der Waals surface area contributed by atoms with Crippen LogP contribution in [-0.4, -0.2) is 39.0 Å². The molecule has 5 nitrogen and oxygen atoms in total. The van der Waals surface area contributed by atoms with E-state index in [2.05, 4.69) is 0 Å². The Bertz CT molecular complexity index is 812. The minimum absolute atomic E-state index is 0.233. The molecule has 0 aliphatic carbocycles. The van der Waals surface area contributed by atoms with Crippen LogP contribution in [0.3, 0.4) is 0 Å². The van der Waals surface area contributed by atoms with Gasteiger partial charge in [-0.25, -0.2) is 0 Å². The molecule has 0 aromatic heterocycles. The highest BCUT2D eigenvalue weighted by Gasteiger charge is 2.34. The lowest BCUT2D eigenvalue weighted by Gasteiger charge is -2.25. The van der Waals surface area contributed by atoms with E-state index in [0.717, 1.165) is 5.56 Å². The fourth-order valence-electron chi connectivity index (χ4n) is 3.15.